The number of carbonyl (C=O) groups excluding carboxylic acids is 2. The lowest BCUT2D eigenvalue weighted by Gasteiger charge is -2.20. The van der Waals surface area contributed by atoms with E-state index in [1.54, 1.807) is 6.08 Å². The van der Waals surface area contributed by atoms with Crippen LogP contribution in [-0.4, -0.2) is 47.4 Å². The number of unbranched alkanes of at least 4 members (excludes halogenated alkanes) is 45. The Morgan fingerprint density at radius 2 is 0.681 bits per heavy atom. The summed E-state index contributed by atoms with van der Waals surface area (Å²) >= 11 is 0. The molecule has 0 rings (SSSR count). The summed E-state index contributed by atoms with van der Waals surface area (Å²) in [5.41, 5.74) is 0. The third-order valence-corrected chi connectivity index (χ3v) is 14.5. The number of hydrogen-bond donors (Lipinski definition) is 3. The van der Waals surface area contributed by atoms with Crippen molar-refractivity contribution in [3.63, 3.8) is 0 Å². The third-order valence-electron chi connectivity index (χ3n) is 14.5. The zero-order valence-electron chi connectivity index (χ0n) is 46.6. The van der Waals surface area contributed by atoms with Crippen LogP contribution in [0.25, 0.3) is 0 Å². The lowest BCUT2D eigenvalue weighted by molar-refractivity contribution is -0.143. The normalized spacial score (nSPS) is 12.7. The van der Waals surface area contributed by atoms with Gasteiger partial charge in [0, 0.05) is 12.8 Å². The van der Waals surface area contributed by atoms with Crippen molar-refractivity contribution in [3.05, 3.63) is 24.3 Å². The zero-order valence-corrected chi connectivity index (χ0v) is 46.6. The third kappa shape index (κ3) is 55.5. The molecular formula is C63H121NO5. The molecule has 2 atom stereocenters. The van der Waals surface area contributed by atoms with Gasteiger partial charge in [0.15, 0.2) is 0 Å². The van der Waals surface area contributed by atoms with Crippen molar-refractivity contribution in [2.24, 2.45) is 0 Å². The fraction of sp³-hybridized carbons (Fsp3) is 0.905. The first-order valence-corrected chi connectivity index (χ1v) is 31.1. The molecule has 2 unspecified atom stereocenters. The second-order valence-electron chi connectivity index (χ2n) is 21.4. The van der Waals surface area contributed by atoms with Crippen molar-refractivity contribution < 1.29 is 24.5 Å². The molecule has 0 aliphatic rings. The summed E-state index contributed by atoms with van der Waals surface area (Å²) in [4.78, 5) is 24.5. The molecule has 0 aliphatic carbocycles. The van der Waals surface area contributed by atoms with E-state index in [4.69, 9.17) is 4.74 Å². The van der Waals surface area contributed by atoms with Gasteiger partial charge >= 0.3 is 5.97 Å². The fourth-order valence-electron chi connectivity index (χ4n) is 9.69. The van der Waals surface area contributed by atoms with Gasteiger partial charge in [0.2, 0.25) is 5.91 Å². The van der Waals surface area contributed by atoms with Gasteiger partial charge in [-0.15, -0.1) is 0 Å². The van der Waals surface area contributed by atoms with Gasteiger partial charge in [0.1, 0.15) is 0 Å². The maximum atomic E-state index is 12.5. The molecule has 0 saturated heterocycles. The van der Waals surface area contributed by atoms with E-state index in [1.807, 2.05) is 6.08 Å². The van der Waals surface area contributed by atoms with Gasteiger partial charge in [0.25, 0.3) is 0 Å². The first-order valence-electron chi connectivity index (χ1n) is 31.1. The first-order chi connectivity index (χ1) is 34.0. The van der Waals surface area contributed by atoms with Gasteiger partial charge in [-0.05, 0) is 57.8 Å². The van der Waals surface area contributed by atoms with E-state index in [9.17, 15) is 19.8 Å². The van der Waals surface area contributed by atoms with E-state index < -0.39 is 12.1 Å². The number of rotatable bonds is 58. The number of amides is 1. The number of allylic oxidation sites excluding steroid dienone is 3. The molecule has 0 aliphatic heterocycles. The number of nitrogens with one attached hydrogen (secondary N) is 1. The Hall–Kier alpha value is -1.66. The van der Waals surface area contributed by atoms with Crippen LogP contribution in [0.4, 0.5) is 0 Å². The molecule has 0 saturated carbocycles. The molecule has 0 bridgehead atoms. The van der Waals surface area contributed by atoms with Crippen LogP contribution in [-0.2, 0) is 14.3 Å². The molecule has 0 spiro atoms. The number of ether oxygens (including phenoxy) is 1. The van der Waals surface area contributed by atoms with Crippen molar-refractivity contribution in [1.29, 1.82) is 0 Å². The highest BCUT2D eigenvalue weighted by molar-refractivity contribution is 5.76. The van der Waals surface area contributed by atoms with Crippen LogP contribution < -0.4 is 5.32 Å². The minimum atomic E-state index is -0.844. The predicted octanol–water partition coefficient (Wildman–Crippen LogP) is 19.4. The van der Waals surface area contributed by atoms with E-state index >= 15 is 0 Å². The largest absolute Gasteiger partial charge is 0.466 e. The molecule has 0 aromatic rings. The molecule has 0 heterocycles. The summed E-state index contributed by atoms with van der Waals surface area (Å²) in [6.45, 7) is 4.91. The van der Waals surface area contributed by atoms with Gasteiger partial charge < -0.3 is 20.3 Å². The second-order valence-corrected chi connectivity index (χ2v) is 21.4. The van der Waals surface area contributed by atoms with Crippen LogP contribution in [0.3, 0.4) is 0 Å². The van der Waals surface area contributed by atoms with Crippen LogP contribution in [0.1, 0.15) is 341 Å². The lowest BCUT2D eigenvalue weighted by atomic mass is 10.0. The molecule has 0 aromatic carbocycles. The van der Waals surface area contributed by atoms with Crippen molar-refractivity contribution in [1.82, 2.24) is 5.32 Å². The highest BCUT2D eigenvalue weighted by Crippen LogP contribution is 2.18. The smallest absolute Gasteiger partial charge is 0.305 e. The van der Waals surface area contributed by atoms with E-state index in [0.29, 0.717) is 19.4 Å². The zero-order chi connectivity index (χ0) is 50.0. The molecular weight excluding hydrogens is 851 g/mol. The van der Waals surface area contributed by atoms with E-state index in [2.05, 4.69) is 31.3 Å². The summed E-state index contributed by atoms with van der Waals surface area (Å²) in [7, 11) is 0. The summed E-state index contributed by atoms with van der Waals surface area (Å²) < 4.78 is 5.48. The maximum Gasteiger partial charge on any atom is 0.305 e. The predicted molar refractivity (Wildman–Crippen MR) is 301 cm³/mol. The van der Waals surface area contributed by atoms with Crippen molar-refractivity contribution in [3.8, 4) is 0 Å². The van der Waals surface area contributed by atoms with Crippen molar-refractivity contribution >= 4 is 11.9 Å². The molecule has 408 valence electrons. The van der Waals surface area contributed by atoms with Gasteiger partial charge in [-0.3, -0.25) is 9.59 Å². The molecule has 1 amide bonds. The van der Waals surface area contributed by atoms with Gasteiger partial charge in [-0.2, -0.15) is 0 Å². The summed E-state index contributed by atoms with van der Waals surface area (Å²) in [6, 6.07) is -0.628. The Morgan fingerprint density at radius 1 is 0.391 bits per heavy atom. The number of hydrogen-bond acceptors (Lipinski definition) is 5. The van der Waals surface area contributed by atoms with E-state index in [1.165, 1.54) is 270 Å². The maximum absolute atomic E-state index is 12.5. The standard InChI is InChI=1S/C63H121NO5/c1-3-5-7-9-11-13-15-17-19-28-31-35-39-43-47-51-55-61(66)60(59-65)64-62(67)56-52-48-44-40-36-32-29-26-24-22-20-21-23-25-27-30-34-38-42-46-50-54-58-69-63(68)57-53-49-45-41-37-33-18-16-14-12-10-8-6-4-2/h16,18,51,55,60-61,65-66H,3-15,17,19-50,52-54,56-59H2,1-2H3,(H,64,67)/b18-16-,55-51+. The summed E-state index contributed by atoms with van der Waals surface area (Å²) in [6.07, 6.45) is 72.1. The second kappa shape index (κ2) is 58.9. The molecule has 6 heteroatoms. The fourth-order valence-corrected chi connectivity index (χ4v) is 9.69. The quantitative estimate of drug-likeness (QED) is 0.0321. The average Bonchev–Trinajstić information content (AvgIpc) is 3.35. The monoisotopic (exact) mass is 972 g/mol. The number of esters is 1. The molecule has 0 fully saturated rings. The van der Waals surface area contributed by atoms with Crippen LogP contribution in [0.15, 0.2) is 24.3 Å². The first kappa shape index (κ1) is 67.3. The van der Waals surface area contributed by atoms with Crippen LogP contribution >= 0.6 is 0 Å². The average molecular weight is 973 g/mol. The molecule has 69 heavy (non-hydrogen) atoms. The lowest BCUT2D eigenvalue weighted by Crippen LogP contribution is -2.45. The SMILES string of the molecule is CCCCCCC/C=C\CCCCCCCC(=O)OCCCCCCCCCCCCCCCCCCCCCCCCC(=O)NC(CO)C(O)/C=C/CCCCCCCCCCCCCCCC. The van der Waals surface area contributed by atoms with E-state index in [-0.39, 0.29) is 18.5 Å². The Labute approximate surface area is 431 Å². The Morgan fingerprint density at radius 3 is 1.03 bits per heavy atom. The van der Waals surface area contributed by atoms with Crippen LogP contribution in [0, 0.1) is 0 Å². The number of aliphatic hydroxyl groups excluding tert-OH is 2. The Bertz CT molecular complexity index is 1080. The van der Waals surface area contributed by atoms with Crippen molar-refractivity contribution in [2.75, 3.05) is 13.2 Å². The molecule has 0 aromatic heterocycles. The number of aliphatic hydroxyl groups is 2. The highest BCUT2D eigenvalue weighted by Gasteiger charge is 2.18. The van der Waals surface area contributed by atoms with Gasteiger partial charge in [0.05, 0.1) is 25.4 Å². The Balaban J connectivity index is 3.40. The van der Waals surface area contributed by atoms with Gasteiger partial charge in [-0.1, -0.05) is 295 Å². The Kier molecular flexibility index (Phi) is 57.5. The summed E-state index contributed by atoms with van der Waals surface area (Å²) in [5, 5.41) is 23.1. The van der Waals surface area contributed by atoms with Crippen LogP contribution in [0.2, 0.25) is 0 Å². The molecule has 6 nitrogen and oxygen atoms in total. The highest BCUT2D eigenvalue weighted by atomic mass is 16.5. The number of carbonyl (C=O) groups is 2. The molecule has 3 N–H and O–H groups in total. The van der Waals surface area contributed by atoms with Gasteiger partial charge in [-0.25, -0.2) is 0 Å². The van der Waals surface area contributed by atoms with Crippen molar-refractivity contribution in [2.45, 2.75) is 353 Å². The minimum Gasteiger partial charge on any atom is -0.466 e. The summed E-state index contributed by atoms with van der Waals surface area (Å²) in [5.74, 6) is -0.0617. The molecule has 0 radical (unpaired) electrons. The topological polar surface area (TPSA) is 95.9 Å². The van der Waals surface area contributed by atoms with E-state index in [0.717, 1.165) is 44.9 Å². The minimum absolute atomic E-state index is 0.00447. The van der Waals surface area contributed by atoms with Crippen LogP contribution in [0.5, 0.6) is 0 Å².